The fraction of sp³-hybridized carbons (Fsp3) is 0.625. The summed E-state index contributed by atoms with van der Waals surface area (Å²) in [6.45, 7) is 0. The van der Waals surface area contributed by atoms with Gasteiger partial charge in [-0.15, -0.1) is 0 Å². The van der Waals surface area contributed by atoms with E-state index in [0.717, 1.165) is 11.4 Å². The van der Waals surface area contributed by atoms with Gasteiger partial charge in [0.1, 0.15) is 5.75 Å². The molecule has 2 aliphatic carbocycles. The molecular formula is C16H22ClNO. The molecule has 1 aromatic carbocycles. The lowest BCUT2D eigenvalue weighted by molar-refractivity contribution is 0.0571. The van der Waals surface area contributed by atoms with E-state index >= 15 is 0 Å². The summed E-state index contributed by atoms with van der Waals surface area (Å²) in [6.07, 6.45) is 9.72. The Morgan fingerprint density at radius 1 is 1.21 bits per heavy atom. The number of rotatable bonds is 3. The van der Waals surface area contributed by atoms with Gasteiger partial charge in [-0.3, -0.25) is 0 Å². The molecule has 2 fully saturated rings. The van der Waals surface area contributed by atoms with Crippen molar-refractivity contribution in [1.82, 2.24) is 0 Å². The number of hydrogen-bond acceptors (Lipinski definition) is 2. The molecule has 104 valence electrons. The highest BCUT2D eigenvalue weighted by molar-refractivity contribution is 6.32. The summed E-state index contributed by atoms with van der Waals surface area (Å²) < 4.78 is 5.20. The molecule has 0 radical (unpaired) electrons. The van der Waals surface area contributed by atoms with Gasteiger partial charge >= 0.3 is 0 Å². The summed E-state index contributed by atoms with van der Waals surface area (Å²) in [6, 6.07) is 6.63. The van der Waals surface area contributed by atoms with Crippen molar-refractivity contribution in [2.75, 3.05) is 12.4 Å². The van der Waals surface area contributed by atoms with Gasteiger partial charge in [0.15, 0.2) is 0 Å². The molecule has 2 saturated carbocycles. The van der Waals surface area contributed by atoms with Crippen molar-refractivity contribution in [2.24, 2.45) is 5.41 Å². The van der Waals surface area contributed by atoms with E-state index in [0.29, 0.717) is 16.5 Å². The Morgan fingerprint density at radius 3 is 2.58 bits per heavy atom. The van der Waals surface area contributed by atoms with E-state index in [2.05, 4.69) is 11.4 Å². The SMILES string of the molecule is COc1ccc(NC2CCC23CCCCC3)cc1Cl. The molecule has 0 heterocycles. The molecule has 0 aliphatic heterocycles. The molecule has 2 nitrogen and oxygen atoms in total. The number of ether oxygens (including phenoxy) is 1. The Labute approximate surface area is 120 Å². The van der Waals surface area contributed by atoms with Crippen LogP contribution in [0.15, 0.2) is 18.2 Å². The smallest absolute Gasteiger partial charge is 0.137 e. The van der Waals surface area contributed by atoms with E-state index in [1.807, 2.05) is 12.1 Å². The van der Waals surface area contributed by atoms with Crippen LogP contribution in [0.2, 0.25) is 5.02 Å². The van der Waals surface area contributed by atoms with Crippen molar-refractivity contribution >= 4 is 17.3 Å². The first kappa shape index (κ1) is 13.1. The molecule has 3 rings (SSSR count). The van der Waals surface area contributed by atoms with Crippen molar-refractivity contribution < 1.29 is 4.74 Å². The summed E-state index contributed by atoms with van der Waals surface area (Å²) in [5.41, 5.74) is 1.70. The van der Waals surface area contributed by atoms with Gasteiger partial charge in [0.25, 0.3) is 0 Å². The van der Waals surface area contributed by atoms with E-state index in [9.17, 15) is 0 Å². The van der Waals surface area contributed by atoms with Gasteiger partial charge in [0.05, 0.1) is 12.1 Å². The van der Waals surface area contributed by atoms with Crippen LogP contribution in [0.3, 0.4) is 0 Å². The Hall–Kier alpha value is -0.890. The van der Waals surface area contributed by atoms with Crippen LogP contribution in [0.1, 0.15) is 44.9 Å². The highest BCUT2D eigenvalue weighted by atomic mass is 35.5. The first-order chi connectivity index (χ1) is 9.23. The minimum Gasteiger partial charge on any atom is -0.495 e. The lowest BCUT2D eigenvalue weighted by Gasteiger charge is -2.52. The number of halogens is 1. The van der Waals surface area contributed by atoms with Crippen LogP contribution in [0.5, 0.6) is 5.75 Å². The predicted molar refractivity (Wildman–Crippen MR) is 80.2 cm³/mol. The van der Waals surface area contributed by atoms with Gasteiger partial charge in [-0.25, -0.2) is 0 Å². The Kier molecular flexibility index (Phi) is 3.62. The van der Waals surface area contributed by atoms with Crippen molar-refractivity contribution in [3.8, 4) is 5.75 Å². The van der Waals surface area contributed by atoms with E-state index < -0.39 is 0 Å². The third-order valence-corrected chi connectivity index (χ3v) is 5.31. The summed E-state index contributed by atoms with van der Waals surface area (Å²) in [4.78, 5) is 0. The van der Waals surface area contributed by atoms with Gasteiger partial charge in [-0.05, 0) is 49.3 Å². The van der Waals surface area contributed by atoms with E-state index in [1.54, 1.807) is 7.11 Å². The van der Waals surface area contributed by atoms with Crippen LogP contribution in [-0.4, -0.2) is 13.2 Å². The molecule has 0 aromatic heterocycles. The largest absolute Gasteiger partial charge is 0.495 e. The second kappa shape index (κ2) is 5.24. The maximum Gasteiger partial charge on any atom is 0.137 e. The zero-order valence-electron chi connectivity index (χ0n) is 11.5. The van der Waals surface area contributed by atoms with E-state index in [4.69, 9.17) is 16.3 Å². The van der Waals surface area contributed by atoms with Crippen LogP contribution in [-0.2, 0) is 0 Å². The number of anilines is 1. The summed E-state index contributed by atoms with van der Waals surface area (Å²) in [5, 5.41) is 4.38. The number of methoxy groups -OCH3 is 1. The van der Waals surface area contributed by atoms with Crippen molar-refractivity contribution in [3.05, 3.63) is 23.2 Å². The minimum atomic E-state index is 0.574. The highest BCUT2D eigenvalue weighted by Crippen LogP contribution is 2.52. The molecule has 1 spiro atoms. The molecule has 19 heavy (non-hydrogen) atoms. The van der Waals surface area contributed by atoms with Crippen molar-refractivity contribution in [3.63, 3.8) is 0 Å². The maximum absolute atomic E-state index is 6.19. The standard InChI is InChI=1S/C16H22ClNO/c1-19-14-6-5-12(11-13(14)17)18-15-7-10-16(15)8-3-2-4-9-16/h5-6,11,15,18H,2-4,7-10H2,1H3. The molecule has 1 N–H and O–H groups in total. The fourth-order valence-electron chi connectivity index (χ4n) is 3.73. The molecule has 1 atom stereocenters. The number of benzene rings is 1. The number of nitrogens with one attached hydrogen (secondary N) is 1. The zero-order valence-corrected chi connectivity index (χ0v) is 12.3. The van der Waals surface area contributed by atoms with Crippen LogP contribution in [0.25, 0.3) is 0 Å². The average molecular weight is 280 g/mol. The van der Waals surface area contributed by atoms with Crippen LogP contribution in [0, 0.1) is 5.41 Å². The highest BCUT2D eigenvalue weighted by Gasteiger charge is 2.46. The Morgan fingerprint density at radius 2 is 2.00 bits per heavy atom. The zero-order chi connectivity index (χ0) is 13.3. The molecule has 0 saturated heterocycles. The van der Waals surface area contributed by atoms with Crippen molar-refractivity contribution in [2.45, 2.75) is 51.0 Å². The molecule has 1 unspecified atom stereocenters. The lowest BCUT2D eigenvalue weighted by atomic mass is 9.57. The average Bonchev–Trinajstić information content (AvgIpc) is 2.45. The quantitative estimate of drug-likeness (QED) is 0.852. The van der Waals surface area contributed by atoms with Gasteiger partial charge in [0, 0.05) is 11.7 Å². The van der Waals surface area contributed by atoms with Crippen molar-refractivity contribution in [1.29, 1.82) is 0 Å². The molecule has 2 aliphatic rings. The van der Waals surface area contributed by atoms with Crippen LogP contribution < -0.4 is 10.1 Å². The number of hydrogen-bond donors (Lipinski definition) is 1. The van der Waals surface area contributed by atoms with Gasteiger partial charge in [-0.2, -0.15) is 0 Å². The molecular weight excluding hydrogens is 258 g/mol. The van der Waals surface area contributed by atoms with Gasteiger partial charge in [0.2, 0.25) is 0 Å². The molecule has 0 amide bonds. The lowest BCUT2D eigenvalue weighted by Crippen LogP contribution is -2.50. The van der Waals surface area contributed by atoms with Crippen LogP contribution >= 0.6 is 11.6 Å². The van der Waals surface area contributed by atoms with Gasteiger partial charge in [-0.1, -0.05) is 30.9 Å². The molecule has 0 bridgehead atoms. The third-order valence-electron chi connectivity index (χ3n) is 5.01. The third kappa shape index (κ3) is 2.43. The second-order valence-corrected chi connectivity index (χ2v) is 6.42. The summed E-state index contributed by atoms with van der Waals surface area (Å²) in [7, 11) is 1.65. The van der Waals surface area contributed by atoms with Gasteiger partial charge < -0.3 is 10.1 Å². The first-order valence-electron chi connectivity index (χ1n) is 7.34. The fourth-order valence-corrected chi connectivity index (χ4v) is 3.99. The summed E-state index contributed by atoms with van der Waals surface area (Å²) >= 11 is 6.19. The Bertz CT molecular complexity index is 454. The maximum atomic E-state index is 6.19. The molecule has 3 heteroatoms. The van der Waals surface area contributed by atoms with E-state index in [1.165, 1.54) is 44.9 Å². The minimum absolute atomic E-state index is 0.574. The summed E-state index contributed by atoms with van der Waals surface area (Å²) in [5.74, 6) is 0.744. The molecule has 1 aromatic rings. The van der Waals surface area contributed by atoms with Crippen LogP contribution in [0.4, 0.5) is 5.69 Å². The van der Waals surface area contributed by atoms with E-state index in [-0.39, 0.29) is 0 Å². The Balaban J connectivity index is 1.69. The second-order valence-electron chi connectivity index (χ2n) is 6.01. The predicted octanol–water partition coefficient (Wildman–Crippen LogP) is 4.87. The monoisotopic (exact) mass is 279 g/mol. The normalized spacial score (nSPS) is 24.8. The topological polar surface area (TPSA) is 21.3 Å². The first-order valence-corrected chi connectivity index (χ1v) is 7.71.